The van der Waals surface area contributed by atoms with Crippen LogP contribution < -0.4 is 4.80 Å². The molecule has 0 bridgehead atoms. The van der Waals surface area contributed by atoms with Crippen molar-refractivity contribution in [1.29, 1.82) is 0 Å². The first-order valence-corrected chi connectivity index (χ1v) is 10.5. The standard InChI is InChI=1S/C19H19ClN2O2S2/c1-24-10-9-22-16-8-7-15(20)11-17(16)26-19(22)21-18(23)13-25-12-14-5-3-2-4-6-14/h2-8,11H,9-10,12-13H2,1H3. The maximum atomic E-state index is 12.3. The normalized spacial score (nSPS) is 12.0. The van der Waals surface area contributed by atoms with Gasteiger partial charge in [-0.2, -0.15) is 4.99 Å². The summed E-state index contributed by atoms with van der Waals surface area (Å²) >= 11 is 9.13. The molecule has 0 fully saturated rings. The minimum Gasteiger partial charge on any atom is -0.383 e. The lowest BCUT2D eigenvalue weighted by molar-refractivity contribution is -0.115. The van der Waals surface area contributed by atoms with Crippen LogP contribution in [0.3, 0.4) is 0 Å². The molecule has 136 valence electrons. The van der Waals surface area contributed by atoms with Crippen LogP contribution >= 0.6 is 34.7 Å². The van der Waals surface area contributed by atoms with Crippen LogP contribution in [0.15, 0.2) is 53.5 Å². The Labute approximate surface area is 165 Å². The Morgan fingerprint density at radius 1 is 1.27 bits per heavy atom. The zero-order valence-corrected chi connectivity index (χ0v) is 16.7. The highest BCUT2D eigenvalue weighted by atomic mass is 35.5. The van der Waals surface area contributed by atoms with Gasteiger partial charge >= 0.3 is 0 Å². The Morgan fingerprint density at radius 3 is 2.85 bits per heavy atom. The molecule has 0 unspecified atom stereocenters. The second-order valence-corrected chi connectivity index (χ2v) is 8.06. The van der Waals surface area contributed by atoms with Crippen LogP contribution in [0.4, 0.5) is 0 Å². The molecular formula is C19H19ClN2O2S2. The number of amides is 1. The van der Waals surface area contributed by atoms with Crippen molar-refractivity contribution in [2.45, 2.75) is 12.3 Å². The van der Waals surface area contributed by atoms with E-state index in [1.54, 1.807) is 18.9 Å². The van der Waals surface area contributed by atoms with Crippen LogP contribution in [0, 0.1) is 0 Å². The summed E-state index contributed by atoms with van der Waals surface area (Å²) in [6.45, 7) is 1.19. The van der Waals surface area contributed by atoms with Gasteiger partial charge in [0.15, 0.2) is 4.80 Å². The molecule has 0 saturated carbocycles. The van der Waals surface area contributed by atoms with Gasteiger partial charge in [0.05, 0.1) is 22.6 Å². The van der Waals surface area contributed by atoms with E-state index in [-0.39, 0.29) is 5.91 Å². The Hall–Kier alpha value is -1.60. The molecule has 0 saturated heterocycles. The molecule has 0 N–H and O–H groups in total. The lowest BCUT2D eigenvalue weighted by Gasteiger charge is -2.04. The molecule has 3 rings (SSSR count). The van der Waals surface area contributed by atoms with Gasteiger partial charge in [-0.1, -0.05) is 53.3 Å². The number of fused-ring (bicyclic) bond motifs is 1. The van der Waals surface area contributed by atoms with Crippen molar-refractivity contribution < 1.29 is 9.53 Å². The average Bonchev–Trinajstić information content (AvgIpc) is 2.96. The molecule has 0 spiro atoms. The van der Waals surface area contributed by atoms with Crippen molar-refractivity contribution >= 4 is 50.8 Å². The molecule has 1 amide bonds. The summed E-state index contributed by atoms with van der Waals surface area (Å²) in [6, 6.07) is 15.8. The zero-order chi connectivity index (χ0) is 18.4. The summed E-state index contributed by atoms with van der Waals surface area (Å²) in [5, 5.41) is 0.675. The number of thioether (sulfide) groups is 1. The number of halogens is 1. The van der Waals surface area contributed by atoms with E-state index < -0.39 is 0 Å². The minimum atomic E-state index is -0.130. The Kier molecular flexibility index (Phi) is 6.91. The molecule has 0 aliphatic rings. The number of hydrogen-bond acceptors (Lipinski definition) is 4. The van der Waals surface area contributed by atoms with Gasteiger partial charge < -0.3 is 9.30 Å². The molecular weight excluding hydrogens is 388 g/mol. The number of carbonyl (C=O) groups is 1. The van der Waals surface area contributed by atoms with Crippen LogP contribution in [0.25, 0.3) is 10.2 Å². The van der Waals surface area contributed by atoms with Gasteiger partial charge in [0, 0.05) is 24.4 Å². The van der Waals surface area contributed by atoms with Gasteiger partial charge in [0.1, 0.15) is 0 Å². The molecule has 1 aromatic heterocycles. The summed E-state index contributed by atoms with van der Waals surface area (Å²) in [6.07, 6.45) is 0. The number of methoxy groups -OCH3 is 1. The maximum absolute atomic E-state index is 12.3. The topological polar surface area (TPSA) is 43.6 Å². The SMILES string of the molecule is COCCn1c(=NC(=O)CSCc2ccccc2)sc2cc(Cl)ccc21. The molecule has 0 atom stereocenters. The van der Waals surface area contributed by atoms with Gasteiger partial charge in [0.25, 0.3) is 5.91 Å². The molecule has 2 aromatic carbocycles. The Bertz CT molecular complexity index is 951. The number of benzene rings is 2. The average molecular weight is 407 g/mol. The number of rotatable bonds is 7. The maximum Gasteiger partial charge on any atom is 0.258 e. The van der Waals surface area contributed by atoms with Gasteiger partial charge in [-0.3, -0.25) is 4.79 Å². The molecule has 0 radical (unpaired) electrons. The second kappa shape index (κ2) is 9.37. The summed E-state index contributed by atoms with van der Waals surface area (Å²) in [7, 11) is 1.66. The molecule has 4 nitrogen and oxygen atoms in total. The second-order valence-electron chi connectivity index (χ2n) is 5.63. The quantitative estimate of drug-likeness (QED) is 0.585. The highest BCUT2D eigenvalue weighted by Gasteiger charge is 2.09. The van der Waals surface area contributed by atoms with Crippen molar-refractivity contribution in [2.24, 2.45) is 4.99 Å². The highest BCUT2D eigenvalue weighted by Crippen LogP contribution is 2.22. The van der Waals surface area contributed by atoms with E-state index in [2.05, 4.69) is 17.1 Å². The molecule has 0 aliphatic heterocycles. The fourth-order valence-electron chi connectivity index (χ4n) is 2.50. The van der Waals surface area contributed by atoms with Crippen LogP contribution in [0.2, 0.25) is 5.02 Å². The number of thiazole rings is 1. The van der Waals surface area contributed by atoms with E-state index in [4.69, 9.17) is 16.3 Å². The third-order valence-electron chi connectivity index (χ3n) is 3.72. The number of hydrogen-bond donors (Lipinski definition) is 0. The van der Waals surface area contributed by atoms with Gasteiger partial charge in [-0.05, 0) is 23.8 Å². The zero-order valence-electron chi connectivity index (χ0n) is 14.4. The molecule has 1 heterocycles. The van der Waals surface area contributed by atoms with E-state index in [1.807, 2.05) is 41.0 Å². The minimum absolute atomic E-state index is 0.130. The molecule has 26 heavy (non-hydrogen) atoms. The molecule has 0 aliphatic carbocycles. The van der Waals surface area contributed by atoms with Crippen molar-refractivity contribution in [3.8, 4) is 0 Å². The van der Waals surface area contributed by atoms with Crippen LogP contribution in [-0.4, -0.2) is 29.9 Å². The number of aromatic nitrogens is 1. The molecule has 3 aromatic rings. The van der Waals surface area contributed by atoms with Crippen LogP contribution in [0.5, 0.6) is 0 Å². The third kappa shape index (κ3) is 4.98. The number of nitrogens with zero attached hydrogens (tertiary/aromatic N) is 2. The Balaban J connectivity index is 1.77. The van der Waals surface area contributed by atoms with Gasteiger partial charge in [-0.25, -0.2) is 0 Å². The predicted octanol–water partition coefficient (Wildman–Crippen LogP) is 4.36. The van der Waals surface area contributed by atoms with E-state index in [9.17, 15) is 4.79 Å². The van der Waals surface area contributed by atoms with Crippen molar-refractivity contribution in [1.82, 2.24) is 4.57 Å². The summed E-state index contributed by atoms with van der Waals surface area (Å²) in [5.41, 5.74) is 2.22. The first kappa shape index (κ1) is 19.2. The predicted molar refractivity (Wildman–Crippen MR) is 110 cm³/mol. The lowest BCUT2D eigenvalue weighted by atomic mass is 10.2. The first-order chi connectivity index (χ1) is 12.7. The van der Waals surface area contributed by atoms with Crippen molar-refractivity contribution in [3.05, 3.63) is 63.9 Å². The third-order valence-corrected chi connectivity index (χ3v) is 5.99. The van der Waals surface area contributed by atoms with Gasteiger partial charge in [0.2, 0.25) is 0 Å². The van der Waals surface area contributed by atoms with Gasteiger partial charge in [-0.15, -0.1) is 11.8 Å². The summed E-state index contributed by atoms with van der Waals surface area (Å²) in [4.78, 5) is 17.3. The van der Waals surface area contributed by atoms with E-state index in [0.717, 1.165) is 16.0 Å². The fourth-order valence-corrected chi connectivity index (χ4v) is 4.62. The van der Waals surface area contributed by atoms with Crippen LogP contribution in [0.1, 0.15) is 5.56 Å². The first-order valence-electron chi connectivity index (χ1n) is 8.14. The van der Waals surface area contributed by atoms with Crippen molar-refractivity contribution in [2.75, 3.05) is 19.5 Å². The summed E-state index contributed by atoms with van der Waals surface area (Å²) in [5.74, 6) is 1.02. The summed E-state index contributed by atoms with van der Waals surface area (Å²) < 4.78 is 8.21. The van der Waals surface area contributed by atoms with E-state index in [0.29, 0.717) is 28.7 Å². The van der Waals surface area contributed by atoms with Crippen molar-refractivity contribution in [3.63, 3.8) is 0 Å². The van der Waals surface area contributed by atoms with E-state index >= 15 is 0 Å². The fraction of sp³-hybridized carbons (Fsp3) is 0.263. The number of ether oxygens (including phenoxy) is 1. The monoisotopic (exact) mass is 406 g/mol. The Morgan fingerprint density at radius 2 is 2.08 bits per heavy atom. The highest BCUT2D eigenvalue weighted by molar-refractivity contribution is 7.99. The smallest absolute Gasteiger partial charge is 0.258 e. The van der Waals surface area contributed by atoms with Crippen LogP contribution in [-0.2, 0) is 21.8 Å². The van der Waals surface area contributed by atoms with E-state index in [1.165, 1.54) is 16.9 Å². The lowest BCUT2D eigenvalue weighted by Crippen LogP contribution is -2.19. The number of carbonyl (C=O) groups excluding carboxylic acids is 1. The largest absolute Gasteiger partial charge is 0.383 e. The molecule has 7 heteroatoms.